The molecule has 0 aliphatic carbocycles. The molecule has 0 fully saturated rings. The van der Waals surface area contributed by atoms with E-state index < -0.39 is 0 Å². The van der Waals surface area contributed by atoms with E-state index in [9.17, 15) is 9.59 Å². The second-order valence-electron chi connectivity index (χ2n) is 4.43. The highest BCUT2D eigenvalue weighted by atomic mass is 16.2. The Morgan fingerprint density at radius 2 is 2.00 bits per heavy atom. The first-order valence-corrected chi connectivity index (χ1v) is 6.57. The predicted octanol–water partition coefficient (Wildman–Crippen LogP) is 1.47. The molecule has 0 aliphatic rings. The first-order valence-electron chi connectivity index (χ1n) is 6.57. The van der Waals surface area contributed by atoms with Gasteiger partial charge < -0.3 is 9.88 Å². The van der Waals surface area contributed by atoms with E-state index in [-0.39, 0.29) is 11.5 Å². The van der Waals surface area contributed by atoms with Crippen molar-refractivity contribution in [2.45, 2.75) is 13.3 Å². The summed E-state index contributed by atoms with van der Waals surface area (Å²) in [5.41, 5.74) is 1.44. The monoisotopic (exact) mass is 271 g/mol. The number of hydrogen-bond donors (Lipinski definition) is 1. The third-order valence-electron chi connectivity index (χ3n) is 3.12. The van der Waals surface area contributed by atoms with Gasteiger partial charge in [0.2, 0.25) is 5.56 Å². The highest BCUT2D eigenvalue weighted by Gasteiger charge is 2.13. The minimum atomic E-state index is -0.207. The topological polar surface area (TPSA) is 66.1 Å². The number of likely N-dealkylation sites (N-methyl/N-ethyl adjacent to an activating group) is 1. The van der Waals surface area contributed by atoms with Crippen molar-refractivity contribution in [2.24, 2.45) is 0 Å². The lowest BCUT2D eigenvalue weighted by Crippen LogP contribution is -2.33. The van der Waals surface area contributed by atoms with E-state index >= 15 is 0 Å². The molecule has 0 saturated carbocycles. The molecule has 5 nitrogen and oxygen atoms in total. The van der Waals surface area contributed by atoms with Gasteiger partial charge >= 0.3 is 0 Å². The standard InChI is InChI=1S/C15H17N3O2/c1-2-18(10-7-12-5-8-16-9-6-12)15(20)13-3-4-14(19)17-11-13/h3-6,8-9,11H,2,7,10H2,1H3,(H,17,19). The van der Waals surface area contributed by atoms with Gasteiger partial charge in [0.25, 0.3) is 5.91 Å². The molecule has 104 valence electrons. The Balaban J connectivity index is 2.02. The summed E-state index contributed by atoms with van der Waals surface area (Å²) in [6.45, 7) is 3.21. The van der Waals surface area contributed by atoms with Gasteiger partial charge in [0.15, 0.2) is 0 Å². The number of nitrogens with zero attached hydrogens (tertiary/aromatic N) is 2. The highest BCUT2D eigenvalue weighted by molar-refractivity contribution is 5.93. The van der Waals surface area contributed by atoms with Gasteiger partial charge in [-0.1, -0.05) is 0 Å². The molecule has 0 aromatic carbocycles. The van der Waals surface area contributed by atoms with Gasteiger partial charge in [-0.05, 0) is 37.1 Å². The van der Waals surface area contributed by atoms with Crippen LogP contribution in [-0.2, 0) is 6.42 Å². The average molecular weight is 271 g/mol. The number of carbonyl (C=O) groups is 1. The molecule has 0 bridgehead atoms. The normalized spacial score (nSPS) is 10.2. The fourth-order valence-electron chi connectivity index (χ4n) is 1.94. The molecular weight excluding hydrogens is 254 g/mol. The van der Waals surface area contributed by atoms with E-state index in [4.69, 9.17) is 0 Å². The Morgan fingerprint density at radius 1 is 1.25 bits per heavy atom. The van der Waals surface area contributed by atoms with E-state index in [1.807, 2.05) is 19.1 Å². The van der Waals surface area contributed by atoms with Crippen molar-refractivity contribution in [1.82, 2.24) is 14.9 Å². The van der Waals surface area contributed by atoms with Crippen molar-refractivity contribution in [1.29, 1.82) is 0 Å². The molecule has 0 spiro atoms. The van der Waals surface area contributed by atoms with Crippen molar-refractivity contribution in [2.75, 3.05) is 13.1 Å². The van der Waals surface area contributed by atoms with Gasteiger partial charge in [0.05, 0.1) is 5.56 Å². The number of aromatic amines is 1. The number of amides is 1. The van der Waals surface area contributed by atoms with Gasteiger partial charge in [-0.25, -0.2) is 0 Å². The van der Waals surface area contributed by atoms with E-state index in [1.165, 1.54) is 12.3 Å². The summed E-state index contributed by atoms with van der Waals surface area (Å²) in [7, 11) is 0. The molecule has 2 aromatic rings. The van der Waals surface area contributed by atoms with Crippen LogP contribution in [0.2, 0.25) is 0 Å². The Hall–Kier alpha value is -2.43. The van der Waals surface area contributed by atoms with Crippen LogP contribution in [0.15, 0.2) is 47.7 Å². The molecule has 1 amide bonds. The van der Waals surface area contributed by atoms with Crippen LogP contribution in [0.1, 0.15) is 22.8 Å². The van der Waals surface area contributed by atoms with Crippen molar-refractivity contribution < 1.29 is 4.79 Å². The number of H-pyrrole nitrogens is 1. The van der Waals surface area contributed by atoms with E-state index in [1.54, 1.807) is 23.4 Å². The second kappa shape index (κ2) is 6.65. The number of hydrogen-bond acceptors (Lipinski definition) is 3. The second-order valence-corrected chi connectivity index (χ2v) is 4.43. The fourth-order valence-corrected chi connectivity index (χ4v) is 1.94. The molecule has 5 heteroatoms. The smallest absolute Gasteiger partial charge is 0.255 e. The Kier molecular flexibility index (Phi) is 4.65. The minimum Gasteiger partial charge on any atom is -0.339 e. The molecule has 2 heterocycles. The lowest BCUT2D eigenvalue weighted by Gasteiger charge is -2.20. The Bertz CT molecular complexity index is 602. The maximum atomic E-state index is 12.3. The van der Waals surface area contributed by atoms with Crippen molar-refractivity contribution >= 4 is 5.91 Å². The van der Waals surface area contributed by atoms with Crippen LogP contribution in [0.5, 0.6) is 0 Å². The zero-order valence-corrected chi connectivity index (χ0v) is 11.4. The van der Waals surface area contributed by atoms with Gasteiger partial charge in [-0.2, -0.15) is 0 Å². The van der Waals surface area contributed by atoms with Gasteiger partial charge in [0.1, 0.15) is 0 Å². The van der Waals surface area contributed by atoms with E-state index in [0.717, 1.165) is 12.0 Å². The van der Waals surface area contributed by atoms with Crippen LogP contribution < -0.4 is 5.56 Å². The van der Waals surface area contributed by atoms with Crippen molar-refractivity contribution in [3.63, 3.8) is 0 Å². The van der Waals surface area contributed by atoms with Crippen LogP contribution in [0, 0.1) is 0 Å². The molecule has 1 N–H and O–H groups in total. The van der Waals surface area contributed by atoms with Gasteiger partial charge in [0, 0.05) is 37.7 Å². The zero-order chi connectivity index (χ0) is 14.4. The SMILES string of the molecule is CCN(CCc1ccncc1)C(=O)c1ccc(=O)[nH]c1. The first-order chi connectivity index (χ1) is 9.70. The quantitative estimate of drug-likeness (QED) is 0.895. The molecular formula is C15H17N3O2. The van der Waals surface area contributed by atoms with Crippen molar-refractivity contribution in [3.05, 3.63) is 64.3 Å². The maximum Gasteiger partial charge on any atom is 0.255 e. The zero-order valence-electron chi connectivity index (χ0n) is 11.4. The number of carbonyl (C=O) groups excluding carboxylic acids is 1. The van der Waals surface area contributed by atoms with E-state index in [2.05, 4.69) is 9.97 Å². The number of nitrogens with one attached hydrogen (secondary N) is 1. The minimum absolute atomic E-state index is 0.0715. The third-order valence-corrected chi connectivity index (χ3v) is 3.12. The third kappa shape index (κ3) is 3.54. The van der Waals surface area contributed by atoms with Crippen LogP contribution in [-0.4, -0.2) is 33.9 Å². The molecule has 0 aliphatic heterocycles. The van der Waals surface area contributed by atoms with Crippen LogP contribution in [0.4, 0.5) is 0 Å². The number of rotatable bonds is 5. The molecule has 0 saturated heterocycles. The molecule has 0 atom stereocenters. The van der Waals surface area contributed by atoms with Crippen LogP contribution >= 0.6 is 0 Å². The summed E-state index contributed by atoms with van der Waals surface area (Å²) in [5, 5.41) is 0. The largest absolute Gasteiger partial charge is 0.339 e. The summed E-state index contributed by atoms with van der Waals surface area (Å²) in [5.74, 6) is -0.0715. The summed E-state index contributed by atoms with van der Waals surface area (Å²) in [4.78, 5) is 31.6. The summed E-state index contributed by atoms with van der Waals surface area (Å²) < 4.78 is 0. The first kappa shape index (κ1) is 14.0. The molecule has 20 heavy (non-hydrogen) atoms. The lowest BCUT2D eigenvalue weighted by molar-refractivity contribution is 0.0765. The van der Waals surface area contributed by atoms with E-state index in [0.29, 0.717) is 18.7 Å². The average Bonchev–Trinajstić information content (AvgIpc) is 2.49. The predicted molar refractivity (Wildman–Crippen MR) is 76.6 cm³/mol. The van der Waals surface area contributed by atoms with Crippen LogP contribution in [0.3, 0.4) is 0 Å². The Morgan fingerprint density at radius 3 is 2.60 bits per heavy atom. The summed E-state index contributed by atoms with van der Waals surface area (Å²) in [6, 6.07) is 6.80. The number of pyridine rings is 2. The van der Waals surface area contributed by atoms with Gasteiger partial charge in [-0.3, -0.25) is 14.6 Å². The molecule has 0 radical (unpaired) electrons. The fraction of sp³-hybridized carbons (Fsp3) is 0.267. The summed E-state index contributed by atoms with van der Waals surface area (Å²) >= 11 is 0. The molecule has 2 rings (SSSR count). The van der Waals surface area contributed by atoms with Crippen LogP contribution in [0.25, 0.3) is 0 Å². The van der Waals surface area contributed by atoms with Gasteiger partial charge in [-0.15, -0.1) is 0 Å². The maximum absolute atomic E-state index is 12.3. The summed E-state index contributed by atoms with van der Waals surface area (Å²) in [6.07, 6.45) is 5.73. The molecule has 2 aromatic heterocycles. The Labute approximate surface area is 117 Å². The van der Waals surface area contributed by atoms with Crippen molar-refractivity contribution in [3.8, 4) is 0 Å². The highest BCUT2D eigenvalue weighted by Crippen LogP contribution is 2.05. The lowest BCUT2D eigenvalue weighted by atomic mass is 10.2. The molecule has 0 unspecified atom stereocenters. The number of aromatic nitrogens is 2.